The first-order valence-electron chi connectivity index (χ1n) is 5.87. The van der Waals surface area contributed by atoms with Gasteiger partial charge in [-0.05, 0) is 33.3 Å². The van der Waals surface area contributed by atoms with Gasteiger partial charge in [0, 0.05) is 4.88 Å². The Kier molecular flexibility index (Phi) is 3.77. The van der Waals surface area contributed by atoms with Crippen molar-refractivity contribution in [3.05, 3.63) is 46.0 Å². The Morgan fingerprint density at radius 1 is 1.17 bits per heavy atom. The lowest BCUT2D eigenvalue weighted by Gasteiger charge is -2.01. The predicted molar refractivity (Wildman–Crippen MR) is 78.6 cm³/mol. The van der Waals surface area contributed by atoms with Gasteiger partial charge in [0.2, 0.25) is 5.13 Å². The highest BCUT2D eigenvalue weighted by Gasteiger charge is 2.02. The molecule has 94 valence electrons. The van der Waals surface area contributed by atoms with Gasteiger partial charge >= 0.3 is 0 Å². The number of nitrogens with zero attached hydrogens (tertiary/aromatic N) is 2. The third-order valence-electron chi connectivity index (χ3n) is 2.82. The van der Waals surface area contributed by atoms with Gasteiger partial charge in [-0.1, -0.05) is 29.8 Å². The number of nitrogens with one attached hydrogen (secondary N) is 1. The van der Waals surface area contributed by atoms with Crippen molar-refractivity contribution < 1.29 is 0 Å². The summed E-state index contributed by atoms with van der Waals surface area (Å²) >= 11 is 1.62. The van der Waals surface area contributed by atoms with Crippen LogP contribution in [-0.2, 0) is 0 Å². The van der Waals surface area contributed by atoms with Crippen molar-refractivity contribution in [3.8, 4) is 0 Å². The third-order valence-corrected chi connectivity index (χ3v) is 3.79. The fraction of sp³-hybridized carbons (Fsp3) is 0.286. The molecule has 0 fully saturated rings. The summed E-state index contributed by atoms with van der Waals surface area (Å²) in [5.74, 6) is 0. The second kappa shape index (κ2) is 5.31. The van der Waals surface area contributed by atoms with Crippen LogP contribution < -0.4 is 5.43 Å². The van der Waals surface area contributed by atoms with Crippen molar-refractivity contribution in [1.82, 2.24) is 4.98 Å². The van der Waals surface area contributed by atoms with Crippen molar-refractivity contribution in [3.63, 3.8) is 0 Å². The van der Waals surface area contributed by atoms with Crippen LogP contribution in [0.15, 0.2) is 29.4 Å². The molecule has 1 aromatic carbocycles. The van der Waals surface area contributed by atoms with Crippen LogP contribution in [0, 0.1) is 20.8 Å². The summed E-state index contributed by atoms with van der Waals surface area (Å²) in [6.45, 7) is 8.14. The Bertz CT molecular complexity index is 548. The summed E-state index contributed by atoms with van der Waals surface area (Å²) in [5, 5.41) is 5.21. The molecule has 0 saturated heterocycles. The van der Waals surface area contributed by atoms with Gasteiger partial charge in [-0.15, -0.1) is 11.3 Å². The summed E-state index contributed by atoms with van der Waals surface area (Å²) in [4.78, 5) is 5.61. The van der Waals surface area contributed by atoms with E-state index in [-0.39, 0.29) is 0 Å². The van der Waals surface area contributed by atoms with Crippen molar-refractivity contribution in [2.45, 2.75) is 27.7 Å². The first-order chi connectivity index (χ1) is 8.56. The number of hydrazone groups is 1. The van der Waals surface area contributed by atoms with E-state index in [0.29, 0.717) is 0 Å². The number of benzene rings is 1. The van der Waals surface area contributed by atoms with E-state index in [1.54, 1.807) is 11.3 Å². The smallest absolute Gasteiger partial charge is 0.203 e. The normalized spacial score (nSPS) is 11.7. The second-order valence-corrected chi connectivity index (χ2v) is 5.54. The minimum Gasteiger partial charge on any atom is -0.252 e. The molecular formula is C14H17N3S. The summed E-state index contributed by atoms with van der Waals surface area (Å²) in [6, 6.07) is 8.33. The van der Waals surface area contributed by atoms with Gasteiger partial charge in [0.15, 0.2) is 0 Å². The summed E-state index contributed by atoms with van der Waals surface area (Å²) in [5.41, 5.74) is 7.41. The Labute approximate surface area is 112 Å². The Morgan fingerprint density at radius 3 is 2.39 bits per heavy atom. The number of aryl methyl sites for hydroxylation is 3. The number of rotatable bonds is 3. The molecule has 2 aromatic rings. The van der Waals surface area contributed by atoms with Gasteiger partial charge < -0.3 is 0 Å². The van der Waals surface area contributed by atoms with Crippen molar-refractivity contribution in [1.29, 1.82) is 0 Å². The van der Waals surface area contributed by atoms with Crippen LogP contribution in [-0.4, -0.2) is 10.7 Å². The van der Waals surface area contributed by atoms with Crippen molar-refractivity contribution in [2.75, 3.05) is 5.43 Å². The van der Waals surface area contributed by atoms with Crippen LogP contribution in [0.25, 0.3) is 0 Å². The molecule has 0 saturated carbocycles. The molecule has 18 heavy (non-hydrogen) atoms. The minimum atomic E-state index is 0.844. The van der Waals surface area contributed by atoms with Gasteiger partial charge in [-0.3, -0.25) is 5.43 Å². The summed E-state index contributed by atoms with van der Waals surface area (Å²) in [7, 11) is 0. The Hall–Kier alpha value is -1.68. The lowest BCUT2D eigenvalue weighted by Crippen LogP contribution is -1.99. The van der Waals surface area contributed by atoms with E-state index in [2.05, 4.69) is 53.6 Å². The van der Waals surface area contributed by atoms with Gasteiger partial charge in [-0.2, -0.15) is 5.10 Å². The lowest BCUT2D eigenvalue weighted by atomic mass is 10.1. The maximum absolute atomic E-state index is 4.39. The van der Waals surface area contributed by atoms with Gasteiger partial charge in [0.1, 0.15) is 0 Å². The number of hydrogen-bond acceptors (Lipinski definition) is 4. The zero-order valence-corrected chi connectivity index (χ0v) is 11.9. The molecule has 0 spiro atoms. The number of thiazole rings is 1. The molecule has 0 radical (unpaired) electrons. The van der Waals surface area contributed by atoms with Crippen molar-refractivity contribution in [2.24, 2.45) is 5.10 Å². The van der Waals surface area contributed by atoms with E-state index in [0.717, 1.165) is 22.1 Å². The number of hydrogen-bond donors (Lipinski definition) is 1. The first-order valence-corrected chi connectivity index (χ1v) is 6.69. The van der Waals surface area contributed by atoms with Crippen LogP contribution in [0.3, 0.4) is 0 Å². The quantitative estimate of drug-likeness (QED) is 0.670. The Balaban J connectivity index is 2.11. The maximum Gasteiger partial charge on any atom is 0.203 e. The van der Waals surface area contributed by atoms with Crippen LogP contribution >= 0.6 is 11.3 Å². The fourth-order valence-corrected chi connectivity index (χ4v) is 2.27. The highest BCUT2D eigenvalue weighted by Crippen LogP contribution is 2.21. The molecule has 2 rings (SSSR count). The molecule has 0 amide bonds. The molecule has 0 atom stereocenters. The molecule has 0 aliphatic carbocycles. The molecule has 1 heterocycles. The summed E-state index contributed by atoms with van der Waals surface area (Å²) in [6.07, 6.45) is 0. The monoisotopic (exact) mass is 259 g/mol. The van der Waals surface area contributed by atoms with Crippen LogP contribution in [0.2, 0.25) is 0 Å². The Morgan fingerprint density at radius 2 is 1.83 bits per heavy atom. The van der Waals surface area contributed by atoms with E-state index in [1.165, 1.54) is 10.4 Å². The second-order valence-electron chi connectivity index (χ2n) is 4.34. The molecular weight excluding hydrogens is 242 g/mol. The molecule has 0 bridgehead atoms. The molecule has 3 nitrogen and oxygen atoms in total. The molecule has 0 unspecified atom stereocenters. The van der Waals surface area contributed by atoms with Crippen LogP contribution in [0.4, 0.5) is 5.13 Å². The predicted octanol–water partition coefficient (Wildman–Crippen LogP) is 3.90. The number of aromatic nitrogens is 1. The molecule has 0 aliphatic heterocycles. The zero-order chi connectivity index (χ0) is 13.1. The highest BCUT2D eigenvalue weighted by atomic mass is 32.1. The van der Waals surface area contributed by atoms with Gasteiger partial charge in [0.05, 0.1) is 11.4 Å². The number of anilines is 1. The fourth-order valence-electron chi connectivity index (χ4n) is 1.51. The van der Waals surface area contributed by atoms with Crippen LogP contribution in [0.5, 0.6) is 0 Å². The molecule has 0 aliphatic rings. The van der Waals surface area contributed by atoms with E-state index in [9.17, 15) is 0 Å². The zero-order valence-electron chi connectivity index (χ0n) is 11.1. The van der Waals surface area contributed by atoms with E-state index >= 15 is 0 Å². The van der Waals surface area contributed by atoms with Gasteiger partial charge in [-0.25, -0.2) is 4.98 Å². The SMILES string of the molecule is CC(=NNc1nc(C)c(C)s1)c1ccc(C)cc1. The third kappa shape index (κ3) is 2.96. The summed E-state index contributed by atoms with van der Waals surface area (Å²) < 4.78 is 0. The molecule has 4 heteroatoms. The minimum absolute atomic E-state index is 0.844. The molecule has 1 N–H and O–H groups in total. The largest absolute Gasteiger partial charge is 0.252 e. The average molecular weight is 259 g/mol. The van der Waals surface area contributed by atoms with E-state index in [4.69, 9.17) is 0 Å². The van der Waals surface area contributed by atoms with Crippen LogP contribution in [0.1, 0.15) is 28.6 Å². The molecule has 1 aromatic heterocycles. The van der Waals surface area contributed by atoms with E-state index < -0.39 is 0 Å². The average Bonchev–Trinajstić information content (AvgIpc) is 2.67. The lowest BCUT2D eigenvalue weighted by molar-refractivity contribution is 1.19. The first kappa shape index (κ1) is 12.8. The van der Waals surface area contributed by atoms with Gasteiger partial charge in [0.25, 0.3) is 0 Å². The topological polar surface area (TPSA) is 37.3 Å². The highest BCUT2D eigenvalue weighted by molar-refractivity contribution is 7.15. The standard InChI is InChI=1S/C14H17N3S/c1-9-5-7-13(8-6-9)11(3)16-17-14-15-10(2)12(4)18-14/h5-8H,1-4H3,(H,15,17). The maximum atomic E-state index is 4.39. The van der Waals surface area contributed by atoms with Crippen molar-refractivity contribution >= 4 is 22.2 Å². The van der Waals surface area contributed by atoms with E-state index in [1.807, 2.05) is 13.8 Å².